The molecule has 9 amide bonds. The summed E-state index contributed by atoms with van der Waals surface area (Å²) in [4.78, 5) is 141. The van der Waals surface area contributed by atoms with Crippen molar-refractivity contribution in [2.45, 2.75) is 57.8 Å². The molecular weight excluding hydrogens is 1290 g/mol. The van der Waals surface area contributed by atoms with Crippen molar-refractivity contribution in [1.29, 1.82) is 0 Å². The molecule has 0 unspecified atom stereocenters. The maximum Gasteiger partial charge on any atom is 0.276 e. The van der Waals surface area contributed by atoms with Crippen LogP contribution in [-0.4, -0.2) is 103 Å². The first-order valence-electron chi connectivity index (χ1n) is 30.3. The summed E-state index contributed by atoms with van der Waals surface area (Å²) in [6.45, 7) is 2.10. The van der Waals surface area contributed by atoms with Crippen molar-refractivity contribution in [1.82, 2.24) is 29.9 Å². The van der Waals surface area contributed by atoms with Gasteiger partial charge in [0.1, 0.15) is 17.1 Å². The number of halogens is 3. The molecule has 3 aliphatic rings. The van der Waals surface area contributed by atoms with Crippen LogP contribution >= 0.6 is 34.8 Å². The molecule has 486 valence electrons. The van der Waals surface area contributed by atoms with Gasteiger partial charge in [-0.15, -0.1) is 0 Å². The van der Waals surface area contributed by atoms with Crippen LogP contribution in [0.4, 0.5) is 51.2 Å². The third-order valence-electron chi connectivity index (χ3n) is 15.1. The Labute approximate surface area is 565 Å². The van der Waals surface area contributed by atoms with E-state index >= 15 is 0 Å². The molecule has 6 N–H and O–H groups in total. The second kappa shape index (κ2) is 32.5. The molecule has 0 atom stereocenters. The number of carbonyl (C=O) groups excluding carboxylic acids is 9. The molecule has 9 aromatic rings. The number of hydrogen-bond acceptors (Lipinski definition) is 15. The second-order valence-corrected chi connectivity index (χ2v) is 23.0. The quantitative estimate of drug-likeness (QED) is 0.0556. The molecule has 0 spiro atoms. The van der Waals surface area contributed by atoms with Crippen LogP contribution in [0.3, 0.4) is 0 Å². The molecule has 0 aliphatic carbocycles. The third kappa shape index (κ3) is 18.1. The molecule has 3 saturated heterocycles. The standard InChI is InChI=1S/3C23H20ClN5O3/c24-15-6-11-19(26-14-15)22(31)28-18-4-3-12-25-21(18)23(32)27-16-7-9-17(10-8-16)29-13-2-1-5-20(29)30;24-15-4-9-20(26-13-15)23(32)28-19-10-11-25-14-18(19)22(31)27-16-5-7-17(8-6-16)29-12-2-1-3-21(29)30;24-15-4-9-19(26-13-15)23(32)28-20-14-25-11-10-18(20)22(31)27-16-5-7-17(8-6-16)29-12-2-1-3-21(29)30/h3-4,6-12,14H,1-2,5,13H2,(H,27,32)(H,28,31);4-11,13-14H,1-3,12H2,(H,27,31)(H,25,28,32);4-11,13-14H,1-3,12H2,(H,27,31)(H,28,32). The summed E-state index contributed by atoms with van der Waals surface area (Å²) in [6.07, 6.45) is 18.7. The molecule has 0 bridgehead atoms. The maximum absolute atomic E-state index is 12.8. The van der Waals surface area contributed by atoms with Crippen molar-refractivity contribution < 1.29 is 43.2 Å². The zero-order valence-electron chi connectivity index (χ0n) is 51.1. The number of anilines is 9. The number of carbonyl (C=O) groups is 9. The molecule has 27 heteroatoms. The van der Waals surface area contributed by atoms with E-state index in [1.165, 1.54) is 79.9 Å². The average Bonchev–Trinajstić information content (AvgIpc) is 0.916. The fraction of sp³-hybridized carbons (Fsp3) is 0.174. The van der Waals surface area contributed by atoms with Crippen molar-refractivity contribution in [3.05, 3.63) is 232 Å². The van der Waals surface area contributed by atoms with E-state index < -0.39 is 35.4 Å². The summed E-state index contributed by atoms with van der Waals surface area (Å²) in [5, 5.41) is 17.6. The molecule has 3 fully saturated rings. The Morgan fingerprint density at radius 2 is 0.719 bits per heavy atom. The summed E-state index contributed by atoms with van der Waals surface area (Å²) >= 11 is 17.4. The second-order valence-electron chi connectivity index (χ2n) is 21.7. The maximum atomic E-state index is 12.8. The SMILES string of the molecule is O=C(Nc1cccnc1C(=O)Nc1ccc(N2CCCCC2=O)cc1)c1ccc(Cl)cn1.O=C(Nc1ccncc1C(=O)Nc1ccc(N2CCCCC2=O)cc1)c1ccc(Cl)cn1.O=C(Nc1cnccc1C(=O)Nc1ccc(N2CCCCC2=O)cc1)c1ccc(Cl)cn1. The Morgan fingerprint density at radius 1 is 0.333 bits per heavy atom. The van der Waals surface area contributed by atoms with Crippen LogP contribution in [0.25, 0.3) is 0 Å². The van der Waals surface area contributed by atoms with E-state index in [4.69, 9.17) is 34.8 Å². The summed E-state index contributed by atoms with van der Waals surface area (Å²) in [5.41, 5.74) is 5.88. The van der Waals surface area contributed by atoms with E-state index in [2.05, 4.69) is 61.8 Å². The first kappa shape index (κ1) is 67.5. The van der Waals surface area contributed by atoms with Crippen molar-refractivity contribution in [2.24, 2.45) is 0 Å². The van der Waals surface area contributed by atoms with Gasteiger partial charge in [-0.3, -0.25) is 53.1 Å². The summed E-state index contributed by atoms with van der Waals surface area (Å²) in [6, 6.07) is 36.6. The van der Waals surface area contributed by atoms with Crippen LogP contribution in [0.15, 0.2) is 183 Å². The lowest BCUT2D eigenvalue weighted by Gasteiger charge is -2.26. The van der Waals surface area contributed by atoms with Crippen molar-refractivity contribution in [2.75, 3.05) is 66.2 Å². The number of piperidine rings is 3. The topological polar surface area (TPSA) is 313 Å². The van der Waals surface area contributed by atoms with Gasteiger partial charge < -0.3 is 46.6 Å². The van der Waals surface area contributed by atoms with E-state index in [-0.39, 0.29) is 63.0 Å². The summed E-state index contributed by atoms with van der Waals surface area (Å²) < 4.78 is 0. The Bertz CT molecular complexity index is 3890. The summed E-state index contributed by atoms with van der Waals surface area (Å²) in [7, 11) is 0. The van der Waals surface area contributed by atoms with Crippen LogP contribution < -0.4 is 46.6 Å². The lowest BCUT2D eigenvalue weighted by Crippen LogP contribution is -2.35. The predicted octanol–water partition coefficient (Wildman–Crippen LogP) is 12.5. The van der Waals surface area contributed by atoms with Gasteiger partial charge in [-0.2, -0.15) is 0 Å². The van der Waals surface area contributed by atoms with Crippen LogP contribution in [-0.2, 0) is 14.4 Å². The van der Waals surface area contributed by atoms with E-state index in [0.717, 1.165) is 55.6 Å². The zero-order chi connectivity index (χ0) is 67.5. The molecule has 0 radical (unpaired) electrons. The molecule has 6 aromatic heterocycles. The Hall–Kier alpha value is -11.3. The van der Waals surface area contributed by atoms with Gasteiger partial charge in [0.05, 0.1) is 49.5 Å². The highest BCUT2D eigenvalue weighted by molar-refractivity contribution is 6.31. The molecule has 24 nitrogen and oxygen atoms in total. The van der Waals surface area contributed by atoms with Crippen molar-refractivity contribution in [3.8, 4) is 0 Å². The van der Waals surface area contributed by atoms with Crippen LogP contribution in [0.2, 0.25) is 15.1 Å². The fourth-order valence-corrected chi connectivity index (χ4v) is 10.5. The number of amides is 9. The number of aromatic nitrogens is 6. The lowest BCUT2D eigenvalue weighted by atomic mass is 10.1. The minimum atomic E-state index is -0.487. The van der Waals surface area contributed by atoms with E-state index in [1.807, 2.05) is 0 Å². The first-order chi connectivity index (χ1) is 46.5. The highest BCUT2D eigenvalue weighted by atomic mass is 35.5. The van der Waals surface area contributed by atoms with E-state index in [1.54, 1.807) is 118 Å². The summed E-state index contributed by atoms with van der Waals surface area (Å²) in [5.74, 6) is -2.44. The third-order valence-corrected chi connectivity index (χ3v) is 15.7. The number of hydrogen-bond donors (Lipinski definition) is 6. The molecule has 3 aliphatic heterocycles. The smallest absolute Gasteiger partial charge is 0.276 e. The monoisotopic (exact) mass is 1350 g/mol. The average molecular weight is 1350 g/mol. The van der Waals surface area contributed by atoms with E-state index in [0.29, 0.717) is 76.7 Å². The number of benzene rings is 3. The predicted molar refractivity (Wildman–Crippen MR) is 366 cm³/mol. The number of nitrogens with zero attached hydrogens (tertiary/aromatic N) is 9. The zero-order valence-corrected chi connectivity index (χ0v) is 53.4. The highest BCUT2D eigenvalue weighted by Gasteiger charge is 2.25. The molecular formula is C69H60Cl3N15O9. The number of nitrogens with one attached hydrogen (secondary N) is 6. The van der Waals surface area contributed by atoms with Crippen molar-refractivity contribution >= 4 is 139 Å². The largest absolute Gasteiger partial charge is 0.322 e. The fourth-order valence-electron chi connectivity index (χ4n) is 10.2. The van der Waals surface area contributed by atoms with Crippen LogP contribution in [0, 0.1) is 0 Å². The van der Waals surface area contributed by atoms with E-state index in [9.17, 15) is 43.2 Å². The molecule has 3 aromatic carbocycles. The van der Waals surface area contributed by atoms with Gasteiger partial charge in [0.15, 0.2) is 5.69 Å². The van der Waals surface area contributed by atoms with Gasteiger partial charge in [0, 0.05) is 116 Å². The molecule has 9 heterocycles. The molecule has 0 saturated carbocycles. The minimum Gasteiger partial charge on any atom is -0.322 e. The Balaban J connectivity index is 0.000000157. The van der Waals surface area contributed by atoms with Crippen LogP contribution in [0.1, 0.15) is 120 Å². The Morgan fingerprint density at radius 3 is 1.14 bits per heavy atom. The highest BCUT2D eigenvalue weighted by Crippen LogP contribution is 2.28. The first-order valence-corrected chi connectivity index (χ1v) is 31.4. The van der Waals surface area contributed by atoms with Gasteiger partial charge in [-0.25, -0.2) is 19.9 Å². The molecule has 96 heavy (non-hydrogen) atoms. The number of pyridine rings is 6. The van der Waals surface area contributed by atoms with Gasteiger partial charge in [0.25, 0.3) is 35.4 Å². The van der Waals surface area contributed by atoms with Gasteiger partial charge in [-0.1, -0.05) is 34.8 Å². The minimum absolute atomic E-state index is 0.0603. The lowest BCUT2D eigenvalue weighted by molar-refractivity contribution is -0.120. The number of rotatable bonds is 15. The van der Waals surface area contributed by atoms with Crippen molar-refractivity contribution in [3.63, 3.8) is 0 Å². The van der Waals surface area contributed by atoms with Gasteiger partial charge >= 0.3 is 0 Å². The Kier molecular flexibility index (Phi) is 22.9. The normalized spacial score (nSPS) is 13.5. The van der Waals surface area contributed by atoms with Crippen LogP contribution in [0.5, 0.6) is 0 Å². The van der Waals surface area contributed by atoms with Gasteiger partial charge in [-0.05, 0) is 172 Å². The van der Waals surface area contributed by atoms with Gasteiger partial charge in [0.2, 0.25) is 17.7 Å². The molecule has 12 rings (SSSR count).